The number of benzene rings is 3. The number of ketones is 1. The van der Waals surface area contributed by atoms with Crippen LogP contribution in [0.4, 0.5) is 5.69 Å². The van der Waals surface area contributed by atoms with Gasteiger partial charge in [0.15, 0.2) is 17.3 Å². The second-order valence-corrected chi connectivity index (χ2v) is 7.49. The lowest BCUT2D eigenvalue weighted by Gasteiger charge is -2.08. The second-order valence-electron chi connectivity index (χ2n) is 7.49. The Balaban J connectivity index is 1.64. The fraction of sp³-hybridized carbons (Fsp3) is 0.154. The van der Waals surface area contributed by atoms with Crippen molar-refractivity contribution in [3.63, 3.8) is 0 Å². The molecule has 6 nitrogen and oxygen atoms in total. The van der Waals surface area contributed by atoms with Gasteiger partial charge in [0.1, 0.15) is 5.58 Å². The molecule has 0 aliphatic heterocycles. The van der Waals surface area contributed by atoms with Gasteiger partial charge in [0.2, 0.25) is 5.78 Å². The maximum Gasteiger partial charge on any atom is 0.255 e. The van der Waals surface area contributed by atoms with Gasteiger partial charge in [-0.1, -0.05) is 17.7 Å². The number of aryl methyl sites for hydroxylation is 2. The summed E-state index contributed by atoms with van der Waals surface area (Å²) in [6.45, 7) is 3.80. The highest BCUT2D eigenvalue weighted by Crippen LogP contribution is 2.32. The van der Waals surface area contributed by atoms with Crippen molar-refractivity contribution >= 4 is 28.3 Å². The van der Waals surface area contributed by atoms with Crippen LogP contribution >= 0.6 is 0 Å². The van der Waals surface area contributed by atoms with Crippen molar-refractivity contribution in [3.05, 3.63) is 88.7 Å². The Bertz CT molecular complexity index is 1320. The Morgan fingerprint density at radius 2 is 1.50 bits per heavy atom. The molecule has 0 saturated heterocycles. The zero-order valence-electron chi connectivity index (χ0n) is 18.3. The molecule has 32 heavy (non-hydrogen) atoms. The standard InChI is InChI=1S/C26H23NO5/c1-15-5-7-17(8-6-15)26(29)27-19-10-12-21-20(14-19)16(2)25(32-21)24(28)18-9-11-22(30-3)23(13-18)31-4/h5-14H,1-4H3,(H,27,29). The van der Waals surface area contributed by atoms with Crippen LogP contribution in [0.25, 0.3) is 11.0 Å². The largest absolute Gasteiger partial charge is 0.493 e. The fourth-order valence-corrected chi connectivity index (χ4v) is 3.53. The molecule has 6 heteroatoms. The van der Waals surface area contributed by atoms with Gasteiger partial charge in [0.05, 0.1) is 14.2 Å². The van der Waals surface area contributed by atoms with Gasteiger partial charge in [0.25, 0.3) is 5.91 Å². The van der Waals surface area contributed by atoms with Crippen molar-refractivity contribution in [2.45, 2.75) is 13.8 Å². The van der Waals surface area contributed by atoms with Crippen LogP contribution < -0.4 is 14.8 Å². The Morgan fingerprint density at radius 3 is 2.19 bits per heavy atom. The molecule has 0 bridgehead atoms. The molecule has 0 radical (unpaired) electrons. The molecule has 162 valence electrons. The summed E-state index contributed by atoms with van der Waals surface area (Å²) in [6, 6.07) is 17.6. The molecule has 1 aromatic heterocycles. The van der Waals surface area contributed by atoms with Crippen molar-refractivity contribution in [1.29, 1.82) is 0 Å². The number of ether oxygens (including phenoxy) is 2. The minimum absolute atomic E-state index is 0.202. The zero-order valence-corrected chi connectivity index (χ0v) is 18.3. The number of rotatable bonds is 6. The van der Waals surface area contributed by atoms with E-state index in [1.54, 1.807) is 42.5 Å². The molecule has 0 saturated carbocycles. The summed E-state index contributed by atoms with van der Waals surface area (Å²) in [5, 5.41) is 3.66. The molecule has 0 aliphatic rings. The van der Waals surface area contributed by atoms with Gasteiger partial charge >= 0.3 is 0 Å². The second kappa shape index (κ2) is 8.59. The van der Waals surface area contributed by atoms with E-state index in [1.165, 1.54) is 14.2 Å². The SMILES string of the molecule is COc1ccc(C(=O)c2oc3ccc(NC(=O)c4ccc(C)cc4)cc3c2C)cc1OC. The van der Waals surface area contributed by atoms with E-state index in [-0.39, 0.29) is 17.5 Å². The Labute approximate surface area is 185 Å². The van der Waals surface area contributed by atoms with Crippen LogP contribution in [0.1, 0.15) is 37.6 Å². The van der Waals surface area contributed by atoms with Gasteiger partial charge in [-0.2, -0.15) is 0 Å². The molecule has 0 atom stereocenters. The summed E-state index contributed by atoms with van der Waals surface area (Å²) in [5.41, 5.74) is 3.98. The molecule has 4 aromatic rings. The van der Waals surface area contributed by atoms with Crippen LogP contribution in [0.3, 0.4) is 0 Å². The number of carbonyl (C=O) groups excluding carboxylic acids is 2. The highest BCUT2D eigenvalue weighted by molar-refractivity contribution is 6.11. The first-order chi connectivity index (χ1) is 15.4. The maximum atomic E-state index is 13.1. The van der Waals surface area contributed by atoms with E-state index in [1.807, 2.05) is 32.0 Å². The molecular weight excluding hydrogens is 406 g/mol. The van der Waals surface area contributed by atoms with Crippen molar-refractivity contribution in [2.75, 3.05) is 19.5 Å². The highest BCUT2D eigenvalue weighted by atomic mass is 16.5. The van der Waals surface area contributed by atoms with Crippen molar-refractivity contribution < 1.29 is 23.5 Å². The number of hydrogen-bond acceptors (Lipinski definition) is 5. The maximum absolute atomic E-state index is 13.1. The first kappa shape index (κ1) is 21.2. The number of furan rings is 1. The van der Waals surface area contributed by atoms with Gasteiger partial charge in [-0.25, -0.2) is 0 Å². The molecule has 4 rings (SSSR count). The summed E-state index contributed by atoms with van der Waals surface area (Å²) >= 11 is 0. The van der Waals surface area contributed by atoms with E-state index in [4.69, 9.17) is 13.9 Å². The number of nitrogens with one attached hydrogen (secondary N) is 1. The Kier molecular flexibility index (Phi) is 5.69. The number of methoxy groups -OCH3 is 2. The smallest absolute Gasteiger partial charge is 0.255 e. The van der Waals surface area contributed by atoms with Crippen LogP contribution in [0, 0.1) is 13.8 Å². The first-order valence-electron chi connectivity index (χ1n) is 10.1. The van der Waals surface area contributed by atoms with E-state index < -0.39 is 0 Å². The normalized spacial score (nSPS) is 10.8. The lowest BCUT2D eigenvalue weighted by Crippen LogP contribution is -2.11. The summed E-state index contributed by atoms with van der Waals surface area (Å²) in [6.07, 6.45) is 0. The molecule has 0 fully saturated rings. The first-order valence-corrected chi connectivity index (χ1v) is 10.1. The third kappa shape index (κ3) is 3.95. The van der Waals surface area contributed by atoms with Crippen LogP contribution in [0.5, 0.6) is 11.5 Å². The Morgan fingerprint density at radius 1 is 0.812 bits per heavy atom. The van der Waals surface area contributed by atoms with E-state index in [0.29, 0.717) is 39.5 Å². The average molecular weight is 429 g/mol. The monoisotopic (exact) mass is 429 g/mol. The van der Waals surface area contributed by atoms with Crippen LogP contribution in [0.15, 0.2) is 65.1 Å². The molecule has 1 N–H and O–H groups in total. The van der Waals surface area contributed by atoms with E-state index >= 15 is 0 Å². The average Bonchev–Trinajstić information content (AvgIpc) is 3.14. The highest BCUT2D eigenvalue weighted by Gasteiger charge is 2.21. The van der Waals surface area contributed by atoms with Crippen LogP contribution in [-0.4, -0.2) is 25.9 Å². The van der Waals surface area contributed by atoms with Crippen LogP contribution in [-0.2, 0) is 0 Å². The third-order valence-corrected chi connectivity index (χ3v) is 5.36. The Hall–Kier alpha value is -4.06. The number of carbonyl (C=O) groups is 2. The molecule has 0 unspecified atom stereocenters. The van der Waals surface area contributed by atoms with Gasteiger partial charge in [-0.15, -0.1) is 0 Å². The van der Waals surface area contributed by atoms with Gasteiger partial charge < -0.3 is 19.2 Å². The predicted octanol–water partition coefficient (Wildman–Crippen LogP) is 5.55. The summed E-state index contributed by atoms with van der Waals surface area (Å²) < 4.78 is 16.4. The fourth-order valence-electron chi connectivity index (χ4n) is 3.53. The molecule has 1 heterocycles. The third-order valence-electron chi connectivity index (χ3n) is 5.36. The molecular formula is C26H23NO5. The van der Waals surface area contributed by atoms with Crippen molar-refractivity contribution in [2.24, 2.45) is 0 Å². The minimum atomic E-state index is -0.259. The number of amides is 1. The number of anilines is 1. The molecule has 1 amide bonds. The van der Waals surface area contributed by atoms with Gasteiger partial charge in [-0.3, -0.25) is 9.59 Å². The molecule has 0 spiro atoms. The molecule has 3 aromatic carbocycles. The van der Waals surface area contributed by atoms with E-state index in [2.05, 4.69) is 5.32 Å². The van der Waals surface area contributed by atoms with E-state index in [0.717, 1.165) is 10.9 Å². The zero-order chi connectivity index (χ0) is 22.8. The summed E-state index contributed by atoms with van der Waals surface area (Å²) in [7, 11) is 3.06. The van der Waals surface area contributed by atoms with E-state index in [9.17, 15) is 9.59 Å². The lowest BCUT2D eigenvalue weighted by molar-refractivity contribution is 0.101. The van der Waals surface area contributed by atoms with Gasteiger partial charge in [-0.05, 0) is 62.4 Å². The van der Waals surface area contributed by atoms with Crippen molar-refractivity contribution in [3.8, 4) is 11.5 Å². The van der Waals surface area contributed by atoms with Crippen LogP contribution in [0.2, 0.25) is 0 Å². The molecule has 0 aliphatic carbocycles. The number of hydrogen-bond donors (Lipinski definition) is 1. The summed E-state index contributed by atoms with van der Waals surface area (Å²) in [5.74, 6) is 0.791. The summed E-state index contributed by atoms with van der Waals surface area (Å²) in [4.78, 5) is 25.7. The van der Waals surface area contributed by atoms with Gasteiger partial charge in [0, 0.05) is 27.8 Å². The topological polar surface area (TPSA) is 77.8 Å². The lowest BCUT2D eigenvalue weighted by atomic mass is 10.0. The predicted molar refractivity (Wildman–Crippen MR) is 123 cm³/mol. The number of fused-ring (bicyclic) bond motifs is 1. The minimum Gasteiger partial charge on any atom is -0.493 e. The van der Waals surface area contributed by atoms with Crippen molar-refractivity contribution in [1.82, 2.24) is 0 Å². The quantitative estimate of drug-likeness (QED) is 0.407.